The summed E-state index contributed by atoms with van der Waals surface area (Å²) < 4.78 is 7.88. The molecule has 1 aromatic carbocycles. The van der Waals surface area contributed by atoms with E-state index in [9.17, 15) is 9.59 Å². The summed E-state index contributed by atoms with van der Waals surface area (Å²) in [5.74, 6) is 0. The fraction of sp³-hybridized carbons (Fsp3) is 0.500. The summed E-state index contributed by atoms with van der Waals surface area (Å²) >= 11 is 0. The van der Waals surface area contributed by atoms with Crippen molar-refractivity contribution in [3.05, 3.63) is 46.5 Å². The molecule has 3 rings (SSSR count). The number of hydrogen-bond acceptors (Lipinski definition) is 3. The van der Waals surface area contributed by atoms with Crippen molar-refractivity contribution in [2.45, 2.75) is 57.6 Å². The Balaban J connectivity index is 2.01. The highest BCUT2D eigenvalue weighted by Gasteiger charge is 2.31. The van der Waals surface area contributed by atoms with E-state index in [4.69, 9.17) is 4.74 Å². The summed E-state index contributed by atoms with van der Waals surface area (Å²) in [6.45, 7) is 2.86. The van der Waals surface area contributed by atoms with Crippen LogP contribution in [0.1, 0.15) is 62.0 Å². The molecule has 0 amide bonds. The molecule has 1 fully saturated rings. The SMILES string of the molecule is CCCCO[C@@H]1CCCC[C@H]1n1c(-c2ccccc2)c(C=O)[nH]c1=O. The summed E-state index contributed by atoms with van der Waals surface area (Å²) in [4.78, 5) is 26.9. The van der Waals surface area contributed by atoms with E-state index in [0.29, 0.717) is 11.4 Å². The van der Waals surface area contributed by atoms with Crippen LogP contribution in [0, 0.1) is 0 Å². The Bertz CT molecular complexity index is 748. The Hall–Kier alpha value is -2.14. The largest absolute Gasteiger partial charge is 0.376 e. The first-order valence-corrected chi connectivity index (χ1v) is 9.23. The molecule has 0 aliphatic heterocycles. The van der Waals surface area contributed by atoms with Crippen molar-refractivity contribution in [2.75, 3.05) is 6.61 Å². The fourth-order valence-corrected chi connectivity index (χ4v) is 3.70. The predicted octanol–water partition coefficient (Wildman–Crippen LogP) is 3.96. The molecule has 134 valence electrons. The fourth-order valence-electron chi connectivity index (χ4n) is 3.70. The van der Waals surface area contributed by atoms with Crippen molar-refractivity contribution >= 4 is 6.29 Å². The number of carbonyl (C=O) groups excluding carboxylic acids is 1. The van der Waals surface area contributed by atoms with Crippen molar-refractivity contribution in [1.29, 1.82) is 0 Å². The van der Waals surface area contributed by atoms with Gasteiger partial charge in [-0.3, -0.25) is 9.36 Å². The van der Waals surface area contributed by atoms with Gasteiger partial charge in [-0.25, -0.2) is 4.79 Å². The summed E-state index contributed by atoms with van der Waals surface area (Å²) in [5.41, 5.74) is 1.67. The van der Waals surface area contributed by atoms with E-state index in [1.807, 2.05) is 30.3 Å². The number of imidazole rings is 1. The number of hydrogen-bond donors (Lipinski definition) is 1. The lowest BCUT2D eigenvalue weighted by molar-refractivity contribution is -0.00750. The van der Waals surface area contributed by atoms with Gasteiger partial charge >= 0.3 is 5.69 Å². The number of aldehydes is 1. The molecule has 2 aromatic rings. The van der Waals surface area contributed by atoms with Gasteiger partial charge in [-0.1, -0.05) is 56.5 Å². The highest BCUT2D eigenvalue weighted by atomic mass is 16.5. The smallest absolute Gasteiger partial charge is 0.326 e. The number of aromatic amines is 1. The van der Waals surface area contributed by atoms with Gasteiger partial charge in [-0.2, -0.15) is 0 Å². The van der Waals surface area contributed by atoms with Crippen LogP contribution in [0.2, 0.25) is 0 Å². The zero-order chi connectivity index (χ0) is 17.6. The minimum Gasteiger partial charge on any atom is -0.376 e. The number of nitrogens with one attached hydrogen (secondary N) is 1. The molecular formula is C20H26N2O3. The van der Waals surface area contributed by atoms with Crippen LogP contribution in [0.3, 0.4) is 0 Å². The van der Waals surface area contributed by atoms with E-state index < -0.39 is 0 Å². The maximum absolute atomic E-state index is 12.7. The highest BCUT2D eigenvalue weighted by molar-refractivity contribution is 5.83. The van der Waals surface area contributed by atoms with Gasteiger partial charge in [0.1, 0.15) is 5.69 Å². The van der Waals surface area contributed by atoms with Gasteiger partial charge in [0.2, 0.25) is 0 Å². The molecule has 1 saturated carbocycles. The van der Waals surface area contributed by atoms with E-state index in [0.717, 1.165) is 57.0 Å². The lowest BCUT2D eigenvalue weighted by Crippen LogP contribution is -2.36. The van der Waals surface area contributed by atoms with Gasteiger partial charge in [0.15, 0.2) is 6.29 Å². The molecule has 1 heterocycles. The summed E-state index contributed by atoms with van der Waals surface area (Å²) in [6.07, 6.45) is 6.91. The predicted molar refractivity (Wildman–Crippen MR) is 98.0 cm³/mol. The molecule has 2 atom stereocenters. The second kappa shape index (κ2) is 8.30. The van der Waals surface area contributed by atoms with Crippen LogP contribution in [0.15, 0.2) is 35.1 Å². The molecule has 1 aromatic heterocycles. The zero-order valence-corrected chi connectivity index (χ0v) is 14.7. The van der Waals surface area contributed by atoms with Gasteiger partial charge in [0.25, 0.3) is 0 Å². The molecule has 0 unspecified atom stereocenters. The van der Waals surface area contributed by atoms with Crippen LogP contribution < -0.4 is 5.69 Å². The number of carbonyl (C=O) groups is 1. The third-order valence-electron chi connectivity index (χ3n) is 4.95. The summed E-state index contributed by atoms with van der Waals surface area (Å²) in [5, 5.41) is 0. The Morgan fingerprint density at radius 2 is 2.00 bits per heavy atom. The second-order valence-corrected chi connectivity index (χ2v) is 6.66. The molecule has 1 aliphatic carbocycles. The first-order valence-electron chi connectivity index (χ1n) is 9.23. The number of ether oxygens (including phenoxy) is 1. The van der Waals surface area contributed by atoms with Crippen molar-refractivity contribution in [2.24, 2.45) is 0 Å². The third-order valence-corrected chi connectivity index (χ3v) is 4.95. The van der Waals surface area contributed by atoms with E-state index in [1.165, 1.54) is 0 Å². The van der Waals surface area contributed by atoms with E-state index >= 15 is 0 Å². The molecule has 1 N–H and O–H groups in total. The Labute approximate surface area is 148 Å². The van der Waals surface area contributed by atoms with Gasteiger partial charge in [-0.05, 0) is 19.3 Å². The van der Waals surface area contributed by atoms with Gasteiger partial charge in [0.05, 0.1) is 17.8 Å². The summed E-state index contributed by atoms with van der Waals surface area (Å²) in [6, 6.07) is 9.60. The molecule has 0 bridgehead atoms. The Morgan fingerprint density at radius 1 is 1.24 bits per heavy atom. The van der Waals surface area contributed by atoms with Gasteiger partial charge in [0, 0.05) is 12.2 Å². The van der Waals surface area contributed by atoms with Crippen molar-refractivity contribution in [3.63, 3.8) is 0 Å². The topological polar surface area (TPSA) is 64.1 Å². The standard InChI is InChI=1S/C20H26N2O3/c1-2-3-13-25-18-12-8-7-11-17(18)22-19(15-9-5-4-6-10-15)16(14-23)21-20(22)24/h4-6,9-10,14,17-18H,2-3,7-8,11-13H2,1H3,(H,21,24)/t17-,18-/m1/s1. The van der Waals surface area contributed by atoms with Crippen LogP contribution in [0.25, 0.3) is 11.3 Å². The third kappa shape index (κ3) is 3.76. The van der Waals surface area contributed by atoms with Crippen LogP contribution >= 0.6 is 0 Å². The van der Waals surface area contributed by atoms with Gasteiger partial charge in [-0.15, -0.1) is 0 Å². The minimum absolute atomic E-state index is 0.0239. The Kier molecular flexibility index (Phi) is 5.87. The molecule has 0 saturated heterocycles. The number of nitrogens with zero attached hydrogens (tertiary/aromatic N) is 1. The lowest BCUT2D eigenvalue weighted by Gasteiger charge is -2.33. The van der Waals surface area contributed by atoms with Crippen LogP contribution in [0.4, 0.5) is 0 Å². The number of rotatable bonds is 7. The second-order valence-electron chi connectivity index (χ2n) is 6.66. The van der Waals surface area contributed by atoms with Crippen molar-refractivity contribution < 1.29 is 9.53 Å². The highest BCUT2D eigenvalue weighted by Crippen LogP contribution is 2.34. The summed E-state index contributed by atoms with van der Waals surface area (Å²) in [7, 11) is 0. The molecule has 5 heteroatoms. The lowest BCUT2D eigenvalue weighted by atomic mass is 9.91. The van der Waals surface area contributed by atoms with Crippen molar-refractivity contribution in [1.82, 2.24) is 9.55 Å². The molecule has 1 aliphatic rings. The molecular weight excluding hydrogens is 316 g/mol. The molecule has 5 nitrogen and oxygen atoms in total. The van der Waals surface area contributed by atoms with Crippen LogP contribution in [-0.4, -0.2) is 28.5 Å². The minimum atomic E-state index is -0.225. The Morgan fingerprint density at radius 3 is 2.72 bits per heavy atom. The number of aromatic nitrogens is 2. The number of H-pyrrole nitrogens is 1. The van der Waals surface area contributed by atoms with E-state index in [2.05, 4.69) is 11.9 Å². The maximum Gasteiger partial charge on any atom is 0.326 e. The molecule has 0 radical (unpaired) electrons. The van der Waals surface area contributed by atoms with Crippen LogP contribution in [-0.2, 0) is 4.74 Å². The van der Waals surface area contributed by atoms with E-state index in [1.54, 1.807) is 4.57 Å². The maximum atomic E-state index is 12.7. The van der Waals surface area contributed by atoms with Crippen molar-refractivity contribution in [3.8, 4) is 11.3 Å². The normalized spacial score (nSPS) is 20.5. The first-order chi connectivity index (χ1) is 12.3. The first kappa shape index (κ1) is 17.7. The number of unbranched alkanes of at least 4 members (excludes halogenated alkanes) is 1. The van der Waals surface area contributed by atoms with Crippen LogP contribution in [0.5, 0.6) is 0 Å². The average Bonchev–Trinajstić information content (AvgIpc) is 2.99. The molecule has 25 heavy (non-hydrogen) atoms. The monoisotopic (exact) mass is 342 g/mol. The van der Waals surface area contributed by atoms with E-state index in [-0.39, 0.29) is 17.8 Å². The number of benzene rings is 1. The molecule has 0 spiro atoms. The quantitative estimate of drug-likeness (QED) is 0.612. The van der Waals surface area contributed by atoms with Gasteiger partial charge < -0.3 is 9.72 Å². The zero-order valence-electron chi connectivity index (χ0n) is 14.7. The average molecular weight is 342 g/mol.